The van der Waals surface area contributed by atoms with E-state index >= 15 is 0 Å². The molecule has 0 unspecified atom stereocenters. The molecule has 0 fully saturated rings. The Kier molecular flexibility index (Phi) is 5.88. The van der Waals surface area contributed by atoms with Crippen LogP contribution in [0.15, 0.2) is 54.7 Å². The topological polar surface area (TPSA) is 76.1 Å². The lowest BCUT2D eigenvalue weighted by atomic mass is 10.1. The van der Waals surface area contributed by atoms with Gasteiger partial charge in [-0.2, -0.15) is 0 Å². The minimum absolute atomic E-state index is 0.256. The second-order valence-electron chi connectivity index (χ2n) is 5.74. The molecule has 2 N–H and O–H groups in total. The van der Waals surface area contributed by atoms with Crippen molar-refractivity contribution in [2.45, 2.75) is 13.3 Å². The summed E-state index contributed by atoms with van der Waals surface area (Å²) in [5, 5.41) is 6.32. The molecule has 0 radical (unpaired) electrons. The van der Waals surface area contributed by atoms with Crippen LogP contribution in [0.3, 0.4) is 0 Å². The zero-order valence-electron chi connectivity index (χ0n) is 15.0. The highest BCUT2D eigenvalue weighted by Crippen LogP contribution is 2.28. The van der Waals surface area contributed by atoms with Crippen LogP contribution >= 0.6 is 11.6 Å². The predicted molar refractivity (Wildman–Crippen MR) is 107 cm³/mol. The van der Waals surface area contributed by atoms with E-state index < -0.39 is 0 Å². The van der Waals surface area contributed by atoms with Gasteiger partial charge in [0.1, 0.15) is 11.4 Å². The van der Waals surface area contributed by atoms with Crippen LogP contribution < -0.4 is 15.4 Å². The fourth-order valence-electron chi connectivity index (χ4n) is 2.44. The van der Waals surface area contributed by atoms with E-state index in [0.29, 0.717) is 28.1 Å². The van der Waals surface area contributed by atoms with Crippen LogP contribution in [0.5, 0.6) is 5.75 Å². The van der Waals surface area contributed by atoms with Crippen LogP contribution in [0.25, 0.3) is 0 Å². The summed E-state index contributed by atoms with van der Waals surface area (Å²) in [7, 11) is 1.55. The summed E-state index contributed by atoms with van der Waals surface area (Å²) in [6, 6.07) is 14.5. The molecule has 0 aliphatic heterocycles. The van der Waals surface area contributed by atoms with E-state index in [1.165, 1.54) is 11.8 Å². The lowest BCUT2D eigenvalue weighted by Crippen LogP contribution is -2.14. The monoisotopic (exact) mass is 382 g/mol. The summed E-state index contributed by atoms with van der Waals surface area (Å²) < 4.78 is 5.13. The average molecular weight is 383 g/mol. The number of methoxy groups -OCH3 is 1. The van der Waals surface area contributed by atoms with E-state index in [0.717, 1.165) is 6.42 Å². The van der Waals surface area contributed by atoms with Gasteiger partial charge in [-0.15, -0.1) is 0 Å². The maximum absolute atomic E-state index is 12.4. The molecule has 1 aromatic heterocycles. The first-order valence-corrected chi connectivity index (χ1v) is 8.80. The number of nitrogens with zero attached hydrogens (tertiary/aromatic N) is 2. The minimum Gasteiger partial charge on any atom is -0.495 e. The second-order valence-corrected chi connectivity index (χ2v) is 6.15. The van der Waals surface area contributed by atoms with E-state index in [9.17, 15) is 4.79 Å². The number of aromatic nitrogens is 2. The first kappa shape index (κ1) is 18.7. The number of hydrogen-bond acceptors (Lipinski definition) is 5. The molecular weight excluding hydrogens is 364 g/mol. The summed E-state index contributed by atoms with van der Waals surface area (Å²) in [4.78, 5) is 20.8. The molecule has 27 heavy (non-hydrogen) atoms. The zero-order valence-corrected chi connectivity index (χ0v) is 15.7. The Balaban J connectivity index is 1.72. The third-order valence-corrected chi connectivity index (χ3v) is 4.21. The van der Waals surface area contributed by atoms with Gasteiger partial charge in [-0.05, 0) is 48.4 Å². The smallest absolute Gasteiger partial charge is 0.274 e. The number of anilines is 3. The SMILES string of the molecule is CCc1ccc(NC(=O)c2ccnc(Nc3ccc(OC)c(Cl)c3)n2)cc1. The lowest BCUT2D eigenvalue weighted by molar-refractivity contribution is 0.102. The van der Waals surface area contributed by atoms with Crippen molar-refractivity contribution in [2.24, 2.45) is 0 Å². The van der Waals surface area contributed by atoms with Gasteiger partial charge in [0.05, 0.1) is 12.1 Å². The van der Waals surface area contributed by atoms with Crippen molar-refractivity contribution < 1.29 is 9.53 Å². The van der Waals surface area contributed by atoms with E-state index in [4.69, 9.17) is 16.3 Å². The van der Waals surface area contributed by atoms with E-state index in [1.54, 1.807) is 31.4 Å². The summed E-state index contributed by atoms with van der Waals surface area (Å²) in [5.74, 6) is 0.563. The number of amides is 1. The normalized spacial score (nSPS) is 10.3. The molecule has 0 aliphatic rings. The Labute approximate surface area is 162 Å². The van der Waals surface area contributed by atoms with E-state index in [2.05, 4.69) is 27.5 Å². The predicted octanol–water partition coefficient (Wildman–Crippen LogP) is 4.70. The van der Waals surface area contributed by atoms with Gasteiger partial charge >= 0.3 is 0 Å². The Hall–Kier alpha value is -3.12. The number of rotatable bonds is 6. The van der Waals surface area contributed by atoms with Crippen LogP contribution in [-0.2, 0) is 6.42 Å². The largest absolute Gasteiger partial charge is 0.495 e. The van der Waals surface area contributed by atoms with Crippen molar-refractivity contribution in [3.63, 3.8) is 0 Å². The Morgan fingerprint density at radius 2 is 1.85 bits per heavy atom. The third kappa shape index (κ3) is 4.74. The Bertz CT molecular complexity index is 945. The zero-order chi connectivity index (χ0) is 19.2. The van der Waals surface area contributed by atoms with Gasteiger partial charge in [0.2, 0.25) is 5.95 Å². The van der Waals surface area contributed by atoms with Gasteiger partial charge in [0, 0.05) is 17.6 Å². The second kappa shape index (κ2) is 8.51. The van der Waals surface area contributed by atoms with Crippen molar-refractivity contribution >= 4 is 34.8 Å². The Morgan fingerprint density at radius 1 is 1.11 bits per heavy atom. The molecule has 0 atom stereocenters. The summed E-state index contributed by atoms with van der Waals surface area (Å²) in [6.07, 6.45) is 2.47. The van der Waals surface area contributed by atoms with Gasteiger partial charge in [-0.1, -0.05) is 30.7 Å². The van der Waals surface area contributed by atoms with Crippen molar-refractivity contribution in [1.29, 1.82) is 0 Å². The van der Waals surface area contributed by atoms with Gasteiger partial charge in [0.15, 0.2) is 0 Å². The first-order chi connectivity index (χ1) is 13.1. The Morgan fingerprint density at radius 3 is 2.52 bits per heavy atom. The standard InChI is InChI=1S/C20H19ClN4O2/c1-3-13-4-6-14(7-5-13)23-19(26)17-10-11-22-20(25-17)24-15-8-9-18(27-2)16(21)12-15/h4-12H,3H2,1-2H3,(H,23,26)(H,22,24,25). The van der Waals surface area contributed by atoms with Crippen LogP contribution in [0.4, 0.5) is 17.3 Å². The minimum atomic E-state index is -0.308. The number of hydrogen-bond donors (Lipinski definition) is 2. The molecule has 7 heteroatoms. The number of halogens is 1. The lowest BCUT2D eigenvalue weighted by Gasteiger charge is -2.09. The van der Waals surface area contributed by atoms with Crippen LogP contribution in [0, 0.1) is 0 Å². The molecule has 6 nitrogen and oxygen atoms in total. The molecule has 1 amide bonds. The fraction of sp³-hybridized carbons (Fsp3) is 0.150. The maximum Gasteiger partial charge on any atom is 0.274 e. The summed E-state index contributed by atoms with van der Waals surface area (Å²) in [6.45, 7) is 2.08. The number of carbonyl (C=O) groups is 1. The van der Waals surface area contributed by atoms with Crippen LogP contribution in [0.2, 0.25) is 5.02 Å². The van der Waals surface area contributed by atoms with Crippen LogP contribution in [0.1, 0.15) is 23.0 Å². The maximum atomic E-state index is 12.4. The third-order valence-electron chi connectivity index (χ3n) is 3.92. The fourth-order valence-corrected chi connectivity index (χ4v) is 2.70. The number of carbonyl (C=O) groups excluding carboxylic acids is 1. The first-order valence-electron chi connectivity index (χ1n) is 8.43. The van der Waals surface area contributed by atoms with Gasteiger partial charge in [-0.25, -0.2) is 9.97 Å². The molecule has 0 bridgehead atoms. The molecule has 2 aromatic carbocycles. The molecule has 3 aromatic rings. The van der Waals surface area contributed by atoms with E-state index in [-0.39, 0.29) is 11.6 Å². The highest BCUT2D eigenvalue weighted by atomic mass is 35.5. The van der Waals surface area contributed by atoms with E-state index in [1.807, 2.05) is 24.3 Å². The number of benzene rings is 2. The van der Waals surface area contributed by atoms with Crippen molar-refractivity contribution in [2.75, 3.05) is 17.7 Å². The summed E-state index contributed by atoms with van der Waals surface area (Å²) >= 11 is 6.12. The molecule has 3 rings (SSSR count). The average Bonchev–Trinajstić information content (AvgIpc) is 2.69. The number of aryl methyl sites for hydroxylation is 1. The summed E-state index contributed by atoms with van der Waals surface area (Å²) in [5.41, 5.74) is 2.87. The molecule has 138 valence electrons. The van der Waals surface area contributed by atoms with Crippen molar-refractivity contribution in [3.8, 4) is 5.75 Å². The highest BCUT2D eigenvalue weighted by Gasteiger charge is 2.10. The molecule has 1 heterocycles. The molecule has 0 saturated heterocycles. The molecular formula is C20H19ClN4O2. The van der Waals surface area contributed by atoms with Gasteiger partial charge < -0.3 is 15.4 Å². The molecule has 0 aliphatic carbocycles. The number of ether oxygens (including phenoxy) is 1. The van der Waals surface area contributed by atoms with Gasteiger partial charge in [-0.3, -0.25) is 4.79 Å². The molecule has 0 saturated carbocycles. The van der Waals surface area contributed by atoms with Crippen LogP contribution in [-0.4, -0.2) is 23.0 Å². The van der Waals surface area contributed by atoms with Gasteiger partial charge in [0.25, 0.3) is 5.91 Å². The number of nitrogens with one attached hydrogen (secondary N) is 2. The quantitative estimate of drug-likeness (QED) is 0.646. The highest BCUT2D eigenvalue weighted by molar-refractivity contribution is 6.32. The van der Waals surface area contributed by atoms with Crippen molar-refractivity contribution in [3.05, 3.63) is 71.0 Å². The molecule has 0 spiro atoms. The van der Waals surface area contributed by atoms with Crippen molar-refractivity contribution in [1.82, 2.24) is 9.97 Å².